The summed E-state index contributed by atoms with van der Waals surface area (Å²) in [5.74, 6) is -1.34. The van der Waals surface area contributed by atoms with E-state index in [0.29, 0.717) is 5.56 Å². The van der Waals surface area contributed by atoms with Crippen molar-refractivity contribution < 1.29 is 19.3 Å². The van der Waals surface area contributed by atoms with Crippen molar-refractivity contribution in [1.82, 2.24) is 10.2 Å². The molecule has 0 bridgehead atoms. The van der Waals surface area contributed by atoms with Crippen molar-refractivity contribution in [2.45, 2.75) is 38.3 Å². The minimum Gasteiger partial charge on any atom is -0.323 e. The van der Waals surface area contributed by atoms with Crippen LogP contribution in [0, 0.1) is 17.0 Å². The summed E-state index contributed by atoms with van der Waals surface area (Å²) in [6, 6.07) is 3.14. The molecule has 0 aromatic heterocycles. The van der Waals surface area contributed by atoms with Crippen molar-refractivity contribution in [2.75, 3.05) is 0 Å². The Hall–Kier alpha value is -2.77. The second kappa shape index (κ2) is 5.45. The largest absolute Gasteiger partial charge is 0.323 e. The van der Waals surface area contributed by atoms with Gasteiger partial charge in [-0.25, -0.2) is 0 Å². The molecule has 3 amide bonds. The van der Waals surface area contributed by atoms with E-state index in [1.54, 1.807) is 6.92 Å². The van der Waals surface area contributed by atoms with Crippen LogP contribution in [-0.4, -0.2) is 39.6 Å². The fourth-order valence-electron chi connectivity index (χ4n) is 2.77. The Kier molecular flexibility index (Phi) is 3.59. The highest BCUT2D eigenvalue weighted by Gasteiger charge is 2.45. The number of amides is 3. The van der Waals surface area contributed by atoms with Gasteiger partial charge < -0.3 is 4.90 Å². The predicted molar refractivity (Wildman–Crippen MR) is 78.6 cm³/mol. The Morgan fingerprint density at radius 2 is 2.04 bits per heavy atom. The number of nitrogens with one attached hydrogen (secondary N) is 1. The van der Waals surface area contributed by atoms with E-state index in [1.807, 2.05) is 0 Å². The topological polar surface area (TPSA) is 110 Å². The van der Waals surface area contributed by atoms with Gasteiger partial charge in [0.2, 0.25) is 11.8 Å². The molecule has 1 unspecified atom stereocenters. The van der Waals surface area contributed by atoms with Gasteiger partial charge in [-0.2, -0.15) is 0 Å². The first-order chi connectivity index (χ1) is 10.9. The number of carbonyl (C=O) groups is 3. The zero-order valence-corrected chi connectivity index (χ0v) is 12.4. The molecule has 1 saturated carbocycles. The summed E-state index contributed by atoms with van der Waals surface area (Å²) in [5, 5.41) is 13.1. The molecule has 1 N–H and O–H groups in total. The van der Waals surface area contributed by atoms with Crippen LogP contribution in [0.4, 0.5) is 5.69 Å². The molecule has 3 rings (SSSR count). The molecule has 1 saturated heterocycles. The first-order valence-corrected chi connectivity index (χ1v) is 7.30. The molecule has 0 radical (unpaired) electrons. The molecule has 2 aliphatic rings. The van der Waals surface area contributed by atoms with Gasteiger partial charge >= 0.3 is 0 Å². The SMILES string of the molecule is Cc1ccc([N+](=O)[O-])cc1C(=O)N(C1CC1)C1CC(=O)NC1=O. The first kappa shape index (κ1) is 15.1. The minimum atomic E-state index is -0.832. The highest BCUT2D eigenvalue weighted by atomic mass is 16.6. The molecule has 1 heterocycles. The number of benzene rings is 1. The lowest BCUT2D eigenvalue weighted by atomic mass is 10.0. The fourth-order valence-corrected chi connectivity index (χ4v) is 2.77. The van der Waals surface area contributed by atoms with Crippen LogP contribution in [0.15, 0.2) is 18.2 Å². The number of nitro benzene ring substituents is 1. The van der Waals surface area contributed by atoms with Crippen molar-refractivity contribution >= 4 is 23.4 Å². The molecule has 23 heavy (non-hydrogen) atoms. The molecule has 1 aliphatic heterocycles. The van der Waals surface area contributed by atoms with E-state index in [0.717, 1.165) is 12.8 Å². The van der Waals surface area contributed by atoms with Gasteiger partial charge in [-0.1, -0.05) is 6.07 Å². The smallest absolute Gasteiger partial charge is 0.270 e. The van der Waals surface area contributed by atoms with Crippen LogP contribution in [0.3, 0.4) is 0 Å². The average Bonchev–Trinajstić information content (AvgIpc) is 3.25. The standard InChI is InChI=1S/C15H15N3O5/c1-8-2-3-10(18(22)23)6-11(8)15(21)17(9-4-5-9)12-7-13(19)16-14(12)20/h2-3,6,9,12H,4-5,7H2,1H3,(H,16,19,20). The number of hydrogen-bond acceptors (Lipinski definition) is 5. The lowest BCUT2D eigenvalue weighted by Gasteiger charge is -2.27. The van der Waals surface area contributed by atoms with E-state index >= 15 is 0 Å². The summed E-state index contributed by atoms with van der Waals surface area (Å²) in [7, 11) is 0. The van der Waals surface area contributed by atoms with E-state index < -0.39 is 28.7 Å². The maximum Gasteiger partial charge on any atom is 0.270 e. The number of aryl methyl sites for hydroxylation is 1. The second-order valence-corrected chi connectivity index (χ2v) is 5.83. The van der Waals surface area contributed by atoms with Gasteiger partial charge in [-0.05, 0) is 25.3 Å². The van der Waals surface area contributed by atoms with E-state index in [-0.39, 0.29) is 23.7 Å². The minimum absolute atomic E-state index is 0.0605. The van der Waals surface area contributed by atoms with Crippen LogP contribution >= 0.6 is 0 Å². The van der Waals surface area contributed by atoms with Gasteiger partial charge in [0.25, 0.3) is 11.6 Å². The Bertz CT molecular complexity index is 726. The van der Waals surface area contributed by atoms with Crippen molar-refractivity contribution in [3.8, 4) is 0 Å². The molecule has 1 atom stereocenters. The van der Waals surface area contributed by atoms with Crippen molar-refractivity contribution in [3.05, 3.63) is 39.4 Å². The Morgan fingerprint density at radius 3 is 2.57 bits per heavy atom. The Balaban J connectivity index is 1.96. The highest BCUT2D eigenvalue weighted by molar-refractivity contribution is 6.08. The van der Waals surface area contributed by atoms with Gasteiger partial charge in [0.1, 0.15) is 6.04 Å². The van der Waals surface area contributed by atoms with Crippen molar-refractivity contribution in [2.24, 2.45) is 0 Å². The van der Waals surface area contributed by atoms with Crippen LogP contribution < -0.4 is 5.32 Å². The maximum atomic E-state index is 12.9. The number of rotatable bonds is 4. The van der Waals surface area contributed by atoms with E-state index in [2.05, 4.69) is 5.32 Å². The number of nitrogens with zero attached hydrogens (tertiary/aromatic N) is 2. The first-order valence-electron chi connectivity index (χ1n) is 7.30. The van der Waals surface area contributed by atoms with Gasteiger partial charge in [0.05, 0.1) is 11.3 Å². The quantitative estimate of drug-likeness (QED) is 0.504. The molecular weight excluding hydrogens is 302 g/mol. The number of hydrogen-bond donors (Lipinski definition) is 1. The summed E-state index contributed by atoms with van der Waals surface area (Å²) in [6.45, 7) is 1.68. The third-order valence-electron chi connectivity index (χ3n) is 4.12. The number of carbonyl (C=O) groups excluding carboxylic acids is 3. The zero-order valence-electron chi connectivity index (χ0n) is 12.4. The number of imide groups is 1. The monoisotopic (exact) mass is 317 g/mol. The van der Waals surface area contributed by atoms with Crippen molar-refractivity contribution in [1.29, 1.82) is 0 Å². The van der Waals surface area contributed by atoms with E-state index in [4.69, 9.17) is 0 Å². The molecule has 2 fully saturated rings. The van der Waals surface area contributed by atoms with Crippen LogP contribution in [0.25, 0.3) is 0 Å². The summed E-state index contributed by atoms with van der Waals surface area (Å²) >= 11 is 0. The highest BCUT2D eigenvalue weighted by Crippen LogP contribution is 2.33. The lowest BCUT2D eigenvalue weighted by Crippen LogP contribution is -2.46. The van der Waals surface area contributed by atoms with Gasteiger partial charge in [0, 0.05) is 23.7 Å². The van der Waals surface area contributed by atoms with Crippen molar-refractivity contribution in [3.63, 3.8) is 0 Å². The summed E-state index contributed by atoms with van der Waals surface area (Å²) < 4.78 is 0. The normalized spacial score (nSPS) is 20.3. The lowest BCUT2D eigenvalue weighted by molar-refractivity contribution is -0.384. The number of non-ortho nitro benzene ring substituents is 1. The van der Waals surface area contributed by atoms with E-state index in [1.165, 1.54) is 23.1 Å². The van der Waals surface area contributed by atoms with Crippen LogP contribution in [0.1, 0.15) is 35.2 Å². The molecule has 8 nitrogen and oxygen atoms in total. The van der Waals surface area contributed by atoms with Gasteiger partial charge in [-0.15, -0.1) is 0 Å². The third-order valence-corrected chi connectivity index (χ3v) is 4.12. The Labute approximate surface area is 131 Å². The van der Waals surface area contributed by atoms with Crippen LogP contribution in [0.2, 0.25) is 0 Å². The fraction of sp³-hybridized carbons (Fsp3) is 0.400. The molecule has 1 aliphatic carbocycles. The molecule has 1 aromatic carbocycles. The predicted octanol–water partition coefficient (Wildman–Crippen LogP) is 0.923. The average molecular weight is 317 g/mol. The second-order valence-electron chi connectivity index (χ2n) is 5.83. The van der Waals surface area contributed by atoms with Gasteiger partial charge in [0.15, 0.2) is 0 Å². The summed E-state index contributed by atoms with van der Waals surface area (Å²) in [5.41, 5.74) is 0.607. The zero-order chi connectivity index (χ0) is 16.7. The Morgan fingerprint density at radius 1 is 1.35 bits per heavy atom. The van der Waals surface area contributed by atoms with E-state index in [9.17, 15) is 24.5 Å². The third kappa shape index (κ3) is 2.79. The van der Waals surface area contributed by atoms with Crippen LogP contribution in [-0.2, 0) is 9.59 Å². The molecule has 0 spiro atoms. The summed E-state index contributed by atoms with van der Waals surface area (Å²) in [6.07, 6.45) is 1.46. The van der Waals surface area contributed by atoms with Crippen LogP contribution in [0.5, 0.6) is 0 Å². The number of nitro groups is 1. The summed E-state index contributed by atoms with van der Waals surface area (Å²) in [4.78, 5) is 48.0. The molecular formula is C15H15N3O5. The molecule has 8 heteroatoms. The maximum absolute atomic E-state index is 12.9. The molecule has 1 aromatic rings. The van der Waals surface area contributed by atoms with Gasteiger partial charge in [-0.3, -0.25) is 29.8 Å². The molecule has 120 valence electrons.